The Morgan fingerprint density at radius 3 is 2.92 bits per heavy atom. The van der Waals surface area contributed by atoms with Crippen molar-refractivity contribution in [3.63, 3.8) is 0 Å². The van der Waals surface area contributed by atoms with Crippen LogP contribution in [0.4, 0.5) is 0 Å². The number of ether oxygens (including phenoxy) is 1. The third kappa shape index (κ3) is 3.62. The molecule has 2 aliphatic heterocycles. The molecule has 0 saturated heterocycles. The van der Waals surface area contributed by atoms with Crippen molar-refractivity contribution in [2.24, 2.45) is 10.1 Å². The summed E-state index contributed by atoms with van der Waals surface area (Å²) in [6, 6.07) is 5.16. The maximum Gasteiger partial charge on any atom is 0.283 e. The Bertz CT molecular complexity index is 832. The van der Waals surface area contributed by atoms with Crippen molar-refractivity contribution >= 4 is 51.4 Å². The van der Waals surface area contributed by atoms with E-state index >= 15 is 0 Å². The molecule has 0 spiro atoms. The minimum Gasteiger partial charge on any atom is -0.493 e. The third-order valence-corrected chi connectivity index (χ3v) is 4.74. The second-order valence-corrected chi connectivity index (χ2v) is 6.86. The lowest BCUT2D eigenvalue weighted by Crippen LogP contribution is -2.35. The van der Waals surface area contributed by atoms with Crippen LogP contribution in [0.3, 0.4) is 0 Å². The quantitative estimate of drug-likeness (QED) is 0.782. The summed E-state index contributed by atoms with van der Waals surface area (Å²) in [6.07, 6.45) is 3.32. The van der Waals surface area contributed by atoms with E-state index in [0.717, 1.165) is 17.9 Å². The van der Waals surface area contributed by atoms with Gasteiger partial charge in [-0.1, -0.05) is 18.5 Å². The van der Waals surface area contributed by atoms with Crippen molar-refractivity contribution in [1.29, 1.82) is 5.41 Å². The van der Waals surface area contributed by atoms with E-state index in [1.807, 2.05) is 6.92 Å². The van der Waals surface area contributed by atoms with E-state index < -0.39 is 5.91 Å². The van der Waals surface area contributed by atoms with Gasteiger partial charge in [0.1, 0.15) is 10.8 Å². The lowest BCUT2D eigenvalue weighted by atomic mass is 10.1. The number of hydrogen-bond acceptors (Lipinski definition) is 5. The first-order chi connectivity index (χ1) is 12.0. The highest BCUT2D eigenvalue weighted by Gasteiger charge is 2.35. The highest BCUT2D eigenvalue weighted by Crippen LogP contribution is 2.31. The number of rotatable bonds is 5. The summed E-state index contributed by atoms with van der Waals surface area (Å²) in [7, 11) is 0. The lowest BCUT2D eigenvalue weighted by molar-refractivity contribution is -0.114. The van der Waals surface area contributed by atoms with E-state index in [1.165, 1.54) is 16.8 Å². The molecule has 1 aromatic carbocycles. The van der Waals surface area contributed by atoms with Gasteiger partial charge in [0.05, 0.1) is 12.2 Å². The van der Waals surface area contributed by atoms with E-state index in [4.69, 9.17) is 21.7 Å². The van der Waals surface area contributed by atoms with Gasteiger partial charge < -0.3 is 4.74 Å². The van der Waals surface area contributed by atoms with Gasteiger partial charge in [-0.3, -0.25) is 10.2 Å². The molecule has 0 atom stereocenters. The molecule has 1 aromatic rings. The fourth-order valence-corrected chi connectivity index (χ4v) is 3.59. The molecule has 1 amide bonds. The zero-order valence-electron chi connectivity index (χ0n) is 13.9. The van der Waals surface area contributed by atoms with Gasteiger partial charge in [-0.25, -0.2) is 0 Å². The Morgan fingerprint density at radius 1 is 1.40 bits per heavy atom. The summed E-state index contributed by atoms with van der Waals surface area (Å²) in [5.41, 5.74) is 0.791. The Kier molecular flexibility index (Phi) is 5.24. The second kappa shape index (κ2) is 7.41. The molecule has 0 unspecified atom stereocenters. The van der Waals surface area contributed by atoms with Gasteiger partial charge >= 0.3 is 0 Å². The van der Waals surface area contributed by atoms with Crippen LogP contribution in [0, 0.1) is 5.41 Å². The Hall–Kier alpha value is -2.12. The smallest absolute Gasteiger partial charge is 0.283 e. The molecular formula is C17H17ClN4O2S. The summed E-state index contributed by atoms with van der Waals surface area (Å²) in [4.78, 5) is 16.5. The van der Waals surface area contributed by atoms with Crippen LogP contribution in [0.5, 0.6) is 5.75 Å². The predicted octanol–water partition coefficient (Wildman–Crippen LogP) is 4.16. The van der Waals surface area contributed by atoms with E-state index in [-0.39, 0.29) is 11.4 Å². The zero-order valence-corrected chi connectivity index (χ0v) is 15.4. The van der Waals surface area contributed by atoms with E-state index in [0.29, 0.717) is 28.1 Å². The van der Waals surface area contributed by atoms with Crippen LogP contribution in [0.15, 0.2) is 33.9 Å². The SMILES string of the molecule is CCCC1=NN2C(=N)/C(=C/c3cc(Cl)ccc3OCC)C(=O)N=C2S1. The Morgan fingerprint density at radius 2 is 2.20 bits per heavy atom. The van der Waals surface area contributed by atoms with Crippen LogP contribution in [0.25, 0.3) is 6.08 Å². The number of hydrogen-bond donors (Lipinski definition) is 1. The van der Waals surface area contributed by atoms with Crippen molar-refractivity contribution in [3.8, 4) is 5.75 Å². The molecule has 0 aliphatic carbocycles. The average molecular weight is 377 g/mol. The Labute approximate surface area is 155 Å². The number of amides is 1. The number of nitrogens with zero attached hydrogens (tertiary/aromatic N) is 3. The zero-order chi connectivity index (χ0) is 18.0. The van der Waals surface area contributed by atoms with Gasteiger partial charge in [0.2, 0.25) is 5.17 Å². The molecule has 0 fully saturated rings. The first-order valence-electron chi connectivity index (χ1n) is 7.95. The van der Waals surface area contributed by atoms with Gasteiger partial charge in [0.25, 0.3) is 5.91 Å². The van der Waals surface area contributed by atoms with Crippen LogP contribution in [0.1, 0.15) is 32.3 Å². The molecule has 0 bridgehead atoms. The van der Waals surface area contributed by atoms with E-state index in [9.17, 15) is 4.79 Å². The van der Waals surface area contributed by atoms with Crippen molar-refractivity contribution in [3.05, 3.63) is 34.4 Å². The number of fused-ring (bicyclic) bond motifs is 1. The molecular weight excluding hydrogens is 360 g/mol. The normalized spacial score (nSPS) is 18.4. The minimum atomic E-state index is -0.459. The monoisotopic (exact) mass is 376 g/mol. The number of carbonyl (C=O) groups is 1. The summed E-state index contributed by atoms with van der Waals surface area (Å²) in [5, 5.41) is 16.0. The number of aliphatic imine (C=N–C) groups is 1. The summed E-state index contributed by atoms with van der Waals surface area (Å²) in [5.74, 6) is 0.149. The van der Waals surface area contributed by atoms with Crippen LogP contribution in [-0.4, -0.2) is 33.6 Å². The number of benzene rings is 1. The lowest BCUT2D eigenvalue weighted by Gasteiger charge is -2.20. The summed E-state index contributed by atoms with van der Waals surface area (Å²) >= 11 is 7.40. The van der Waals surface area contributed by atoms with E-state index in [1.54, 1.807) is 24.3 Å². The topological polar surface area (TPSA) is 78.1 Å². The molecule has 0 radical (unpaired) electrons. The maximum absolute atomic E-state index is 12.4. The van der Waals surface area contributed by atoms with E-state index in [2.05, 4.69) is 17.0 Å². The largest absolute Gasteiger partial charge is 0.493 e. The summed E-state index contributed by atoms with van der Waals surface area (Å²) < 4.78 is 5.57. The van der Waals surface area contributed by atoms with Crippen molar-refractivity contribution in [2.75, 3.05) is 6.61 Å². The van der Waals surface area contributed by atoms with Gasteiger partial charge in [-0.05, 0) is 55.8 Å². The number of halogens is 1. The molecule has 3 rings (SSSR count). The fourth-order valence-electron chi connectivity index (χ4n) is 2.42. The minimum absolute atomic E-state index is 0.0102. The van der Waals surface area contributed by atoms with Gasteiger partial charge in [-0.15, -0.1) is 0 Å². The standard InChI is InChI=1S/C17H17ClN4O2S/c1-3-5-14-21-22-15(19)12(16(23)20-17(22)25-14)9-10-8-11(18)6-7-13(10)24-4-2/h6-9,19H,3-5H2,1-2H3/b12-9-,19-15?. The molecule has 2 aliphatic rings. The van der Waals surface area contributed by atoms with Crippen molar-refractivity contribution < 1.29 is 9.53 Å². The Balaban J connectivity index is 1.99. The molecule has 6 nitrogen and oxygen atoms in total. The number of carbonyl (C=O) groups excluding carboxylic acids is 1. The molecule has 130 valence electrons. The highest BCUT2D eigenvalue weighted by atomic mass is 35.5. The molecule has 1 N–H and O–H groups in total. The molecule has 0 saturated carbocycles. The van der Waals surface area contributed by atoms with Crippen LogP contribution < -0.4 is 4.74 Å². The number of amidine groups is 2. The van der Waals surface area contributed by atoms with Crippen LogP contribution in [-0.2, 0) is 4.79 Å². The maximum atomic E-state index is 12.4. The van der Waals surface area contributed by atoms with Crippen molar-refractivity contribution in [1.82, 2.24) is 5.01 Å². The third-order valence-electron chi connectivity index (χ3n) is 3.53. The highest BCUT2D eigenvalue weighted by molar-refractivity contribution is 8.26. The van der Waals surface area contributed by atoms with Gasteiger partial charge in [-0.2, -0.15) is 15.1 Å². The van der Waals surface area contributed by atoms with Crippen LogP contribution in [0.2, 0.25) is 5.02 Å². The summed E-state index contributed by atoms with van der Waals surface area (Å²) in [6.45, 7) is 4.42. The molecule has 2 heterocycles. The first kappa shape index (κ1) is 17.7. The fraction of sp³-hybridized carbons (Fsp3) is 0.294. The predicted molar refractivity (Wildman–Crippen MR) is 103 cm³/mol. The number of hydrazone groups is 1. The average Bonchev–Trinajstić information content (AvgIpc) is 2.97. The van der Waals surface area contributed by atoms with Gasteiger partial charge in [0.15, 0.2) is 5.84 Å². The number of nitrogens with one attached hydrogen (secondary N) is 1. The molecule has 0 aromatic heterocycles. The number of thioether (sulfide) groups is 1. The molecule has 25 heavy (non-hydrogen) atoms. The molecule has 8 heteroatoms. The second-order valence-electron chi connectivity index (χ2n) is 5.38. The van der Waals surface area contributed by atoms with Crippen LogP contribution >= 0.6 is 23.4 Å². The first-order valence-corrected chi connectivity index (χ1v) is 9.14. The van der Waals surface area contributed by atoms with Gasteiger partial charge in [0, 0.05) is 10.6 Å². The van der Waals surface area contributed by atoms with Crippen molar-refractivity contribution in [2.45, 2.75) is 26.7 Å².